The first-order chi connectivity index (χ1) is 14.1. The van der Waals surface area contributed by atoms with E-state index in [0.29, 0.717) is 0 Å². The molecule has 18 heteroatoms. The van der Waals surface area contributed by atoms with Crippen LogP contribution >= 0.6 is 23.5 Å². The first kappa shape index (κ1) is 26.1. The lowest BCUT2D eigenvalue weighted by molar-refractivity contribution is -0.0224. The van der Waals surface area contributed by atoms with E-state index in [4.69, 9.17) is 25.8 Å². The highest BCUT2D eigenvalue weighted by atomic mass is 31.3. The minimum absolute atomic E-state index is 0.0413. The van der Waals surface area contributed by atoms with E-state index >= 15 is 0 Å². The van der Waals surface area contributed by atoms with Gasteiger partial charge in [0.05, 0.1) is 12.3 Å². The molecule has 2 heterocycles. The van der Waals surface area contributed by atoms with E-state index in [0.717, 1.165) is 0 Å². The Labute approximate surface area is 174 Å². The average molecular weight is 505 g/mol. The lowest BCUT2D eigenvalue weighted by atomic mass is 9.99. The Hall–Kier alpha value is -1.20. The van der Waals surface area contributed by atoms with Gasteiger partial charge >= 0.3 is 23.5 Å². The Bertz CT molecular complexity index is 1070. The minimum Gasteiger partial charge on any atom is -0.387 e. The molecule has 7 N–H and O–H groups in total. The molecule has 0 amide bonds. The Balaban J connectivity index is 2.13. The second kappa shape index (κ2) is 9.35. The molecular formula is C13H18NO14P3. The van der Waals surface area contributed by atoms with Crippen LogP contribution in [0.4, 0.5) is 0 Å². The summed E-state index contributed by atoms with van der Waals surface area (Å²) in [5, 5.41) is 20.4. The number of aromatic amines is 1. The highest BCUT2D eigenvalue weighted by Crippen LogP contribution is 2.66. The number of H-pyrrole nitrogens is 1. The van der Waals surface area contributed by atoms with Crippen molar-refractivity contribution in [2.24, 2.45) is 0 Å². The fourth-order valence-electron chi connectivity index (χ4n) is 2.61. The summed E-state index contributed by atoms with van der Waals surface area (Å²) >= 11 is 0. The molecule has 1 aromatic heterocycles. The number of hydrogen-bond acceptors (Lipinski definition) is 10. The second-order valence-electron chi connectivity index (χ2n) is 6.22. The van der Waals surface area contributed by atoms with Crippen LogP contribution in [0.1, 0.15) is 22.9 Å². The summed E-state index contributed by atoms with van der Waals surface area (Å²) < 4.78 is 50.6. The summed E-state index contributed by atoms with van der Waals surface area (Å²) in [6.45, 7) is 0.472. The van der Waals surface area contributed by atoms with Crippen molar-refractivity contribution < 1.29 is 61.4 Å². The van der Waals surface area contributed by atoms with Crippen LogP contribution in [0, 0.1) is 19.3 Å². The van der Waals surface area contributed by atoms with Crippen molar-refractivity contribution >= 4 is 23.5 Å². The highest BCUT2D eigenvalue weighted by molar-refractivity contribution is 7.66. The fourth-order valence-corrected chi connectivity index (χ4v) is 5.64. The first-order valence-corrected chi connectivity index (χ1v) is 12.6. The molecule has 1 aromatic rings. The maximum absolute atomic E-state index is 11.8. The van der Waals surface area contributed by atoms with E-state index in [-0.39, 0.29) is 16.8 Å². The number of nitrogens with one attached hydrogen (secondary N) is 1. The molecule has 1 fully saturated rings. The SMILES string of the molecule is C#Cc1[nH]c(=O)c(C)cc1[C@@H]1O[C@H](COP(=O)(O)OP(=O)(O)OP(=O)(O)O)C(O)[C@@H]1O. The molecule has 0 radical (unpaired) electrons. The van der Waals surface area contributed by atoms with E-state index in [1.807, 2.05) is 0 Å². The van der Waals surface area contributed by atoms with Gasteiger partial charge in [0, 0.05) is 11.1 Å². The third kappa shape index (κ3) is 6.89. The Morgan fingerprint density at radius 1 is 1.13 bits per heavy atom. The van der Waals surface area contributed by atoms with Crippen LogP contribution in [0.15, 0.2) is 10.9 Å². The Morgan fingerprint density at radius 2 is 1.74 bits per heavy atom. The summed E-state index contributed by atoms with van der Waals surface area (Å²) in [7, 11) is -16.7. The zero-order valence-electron chi connectivity index (χ0n) is 15.5. The summed E-state index contributed by atoms with van der Waals surface area (Å²) in [6.07, 6.45) is -0.766. The summed E-state index contributed by atoms with van der Waals surface area (Å²) in [4.78, 5) is 49.6. The van der Waals surface area contributed by atoms with Crippen molar-refractivity contribution in [3.05, 3.63) is 33.2 Å². The predicted molar refractivity (Wildman–Crippen MR) is 99.2 cm³/mol. The van der Waals surface area contributed by atoms with Crippen LogP contribution in [0.3, 0.4) is 0 Å². The molecule has 0 saturated carbocycles. The van der Waals surface area contributed by atoms with Gasteiger partial charge in [-0.2, -0.15) is 8.62 Å². The van der Waals surface area contributed by atoms with E-state index in [9.17, 15) is 33.6 Å². The van der Waals surface area contributed by atoms with E-state index < -0.39 is 60.1 Å². The van der Waals surface area contributed by atoms with Crippen LogP contribution < -0.4 is 5.56 Å². The van der Waals surface area contributed by atoms with Gasteiger partial charge in [-0.3, -0.25) is 9.32 Å². The van der Waals surface area contributed by atoms with Gasteiger partial charge in [0.15, 0.2) is 0 Å². The molecule has 15 nitrogen and oxygen atoms in total. The Kier molecular flexibility index (Phi) is 7.86. The van der Waals surface area contributed by atoms with E-state index in [2.05, 4.69) is 24.0 Å². The lowest BCUT2D eigenvalue weighted by Crippen LogP contribution is -2.33. The van der Waals surface area contributed by atoms with Crippen molar-refractivity contribution in [3.8, 4) is 12.3 Å². The van der Waals surface area contributed by atoms with Crippen LogP contribution in [0.5, 0.6) is 0 Å². The maximum Gasteiger partial charge on any atom is 0.490 e. The van der Waals surface area contributed by atoms with Gasteiger partial charge in [-0.05, 0) is 13.0 Å². The quantitative estimate of drug-likeness (QED) is 0.169. The van der Waals surface area contributed by atoms with Crippen molar-refractivity contribution in [1.29, 1.82) is 0 Å². The Morgan fingerprint density at radius 3 is 2.29 bits per heavy atom. The number of hydrogen-bond donors (Lipinski definition) is 7. The molecule has 2 rings (SSSR count). The maximum atomic E-state index is 11.8. The average Bonchev–Trinajstić information content (AvgIpc) is 2.87. The molecule has 0 spiro atoms. The standard InChI is InChI=1S/C13H18NO14P3/c1-3-8-7(4-6(2)13(17)14-8)12-11(16)10(15)9(26-12)5-25-30(21,22)28-31(23,24)27-29(18,19)20/h1,4,9-12,15-16H,5H2,2H3,(H,14,17)(H,21,22)(H,23,24)(H2,18,19,20)/t9-,10?,11+,12+/m1/s1. The summed E-state index contributed by atoms with van der Waals surface area (Å²) in [6, 6.07) is 1.32. The molecule has 0 aromatic carbocycles. The zero-order valence-corrected chi connectivity index (χ0v) is 18.1. The van der Waals surface area contributed by atoms with Crippen LogP contribution in [0.25, 0.3) is 0 Å². The number of aromatic nitrogens is 1. The van der Waals surface area contributed by atoms with Crippen molar-refractivity contribution in [3.63, 3.8) is 0 Å². The van der Waals surface area contributed by atoms with Gasteiger partial charge in [0.1, 0.15) is 24.4 Å². The highest BCUT2D eigenvalue weighted by Gasteiger charge is 2.46. The van der Waals surface area contributed by atoms with Crippen LogP contribution in [-0.2, 0) is 31.6 Å². The van der Waals surface area contributed by atoms with Crippen molar-refractivity contribution in [2.75, 3.05) is 6.61 Å². The third-order valence-corrected chi connectivity index (χ3v) is 7.69. The number of pyridine rings is 1. The number of aryl methyl sites for hydroxylation is 1. The number of phosphoric acid groups is 3. The van der Waals surface area contributed by atoms with Crippen molar-refractivity contribution in [1.82, 2.24) is 4.98 Å². The topological polar surface area (TPSA) is 242 Å². The van der Waals surface area contributed by atoms with Gasteiger partial charge in [0.2, 0.25) is 0 Å². The molecule has 0 bridgehead atoms. The van der Waals surface area contributed by atoms with Crippen LogP contribution in [-0.4, -0.2) is 59.7 Å². The van der Waals surface area contributed by atoms with Gasteiger partial charge in [0.25, 0.3) is 5.56 Å². The number of ether oxygens (including phenoxy) is 1. The number of rotatable bonds is 8. The first-order valence-electron chi connectivity index (χ1n) is 8.05. The molecule has 31 heavy (non-hydrogen) atoms. The lowest BCUT2D eigenvalue weighted by Gasteiger charge is -2.19. The number of terminal acetylenes is 1. The molecule has 1 aliphatic rings. The van der Waals surface area contributed by atoms with Crippen LogP contribution in [0.2, 0.25) is 0 Å². The molecule has 1 saturated heterocycles. The minimum atomic E-state index is -5.71. The smallest absolute Gasteiger partial charge is 0.387 e. The van der Waals surface area contributed by atoms with E-state index in [1.54, 1.807) is 0 Å². The van der Waals surface area contributed by atoms with Gasteiger partial charge in [-0.15, -0.1) is 6.42 Å². The summed E-state index contributed by atoms with van der Waals surface area (Å²) in [5.41, 5.74) is -0.183. The monoisotopic (exact) mass is 505 g/mol. The zero-order chi connectivity index (χ0) is 23.8. The molecule has 174 valence electrons. The molecule has 1 aliphatic heterocycles. The van der Waals surface area contributed by atoms with Crippen molar-refractivity contribution in [2.45, 2.75) is 31.3 Å². The fraction of sp³-hybridized carbons (Fsp3) is 0.462. The van der Waals surface area contributed by atoms with Gasteiger partial charge in [-0.1, -0.05) is 5.92 Å². The van der Waals surface area contributed by atoms with E-state index in [1.165, 1.54) is 13.0 Å². The van der Waals surface area contributed by atoms with Gasteiger partial charge < -0.3 is 39.5 Å². The molecular weight excluding hydrogens is 487 g/mol. The largest absolute Gasteiger partial charge is 0.490 e. The molecule has 0 aliphatic carbocycles. The molecule has 3 unspecified atom stereocenters. The second-order valence-corrected chi connectivity index (χ2v) is 10.6. The summed E-state index contributed by atoms with van der Waals surface area (Å²) in [5.74, 6) is 2.19. The number of phosphoric ester groups is 1. The normalized spacial score (nSPS) is 27.9. The third-order valence-electron chi connectivity index (χ3n) is 3.89. The molecule has 6 atom stereocenters. The number of aliphatic hydroxyl groups is 2. The van der Waals surface area contributed by atoms with Gasteiger partial charge in [-0.25, -0.2) is 13.7 Å². The number of aliphatic hydroxyl groups excluding tert-OH is 2. The predicted octanol–water partition coefficient (Wildman–Crippen LogP) is -0.830.